The zero-order valence-electron chi connectivity index (χ0n) is 17.1. The second-order valence-electron chi connectivity index (χ2n) is 7.69. The van der Waals surface area contributed by atoms with Crippen LogP contribution in [0.3, 0.4) is 0 Å². The molecule has 0 saturated carbocycles. The molecule has 0 aliphatic heterocycles. The van der Waals surface area contributed by atoms with Gasteiger partial charge in [-0.05, 0) is 47.2 Å². The molecule has 0 heterocycles. The van der Waals surface area contributed by atoms with Gasteiger partial charge in [-0.25, -0.2) is 0 Å². The minimum absolute atomic E-state index is 0.663. The highest BCUT2D eigenvalue weighted by atomic mass is 28.4. The van der Waals surface area contributed by atoms with E-state index >= 15 is 0 Å². The first-order valence-corrected chi connectivity index (χ1v) is 12.6. The van der Waals surface area contributed by atoms with Crippen LogP contribution < -0.4 is 10.4 Å². The number of unbranched alkanes of at least 4 members (excludes halogenated alkanes) is 6. The van der Waals surface area contributed by atoms with E-state index in [1.54, 1.807) is 0 Å². The van der Waals surface area contributed by atoms with Crippen LogP contribution in [0.4, 0.5) is 0 Å². The molecule has 0 aliphatic rings. The third-order valence-corrected chi connectivity index (χ3v) is 7.63. The van der Waals surface area contributed by atoms with Crippen molar-refractivity contribution < 1.29 is 9.59 Å². The summed E-state index contributed by atoms with van der Waals surface area (Å²) in [6.07, 6.45) is 12.1. The summed E-state index contributed by atoms with van der Waals surface area (Å²) < 4.78 is 0. The van der Waals surface area contributed by atoms with Crippen molar-refractivity contribution in [3.05, 3.63) is 59.7 Å². The molecule has 3 heteroatoms. The standard InChI is InChI=1S/C24H36O2Si/c1-3-5-7-9-11-21-13-17-23(18-14-21)27(25,26)24-19-15-22(16-20-24)12-10-8-6-4-2/h13-20,25-26H,3-12H2,1-2H3. The lowest BCUT2D eigenvalue weighted by Crippen LogP contribution is -2.59. The van der Waals surface area contributed by atoms with Gasteiger partial charge in [0.25, 0.3) is 0 Å². The van der Waals surface area contributed by atoms with Crippen molar-refractivity contribution in [1.29, 1.82) is 0 Å². The summed E-state index contributed by atoms with van der Waals surface area (Å²) >= 11 is 0. The molecule has 0 spiro atoms. The van der Waals surface area contributed by atoms with Crippen LogP contribution in [0.5, 0.6) is 0 Å². The Kier molecular flexibility index (Phi) is 9.26. The first kappa shape index (κ1) is 21.9. The Hall–Kier alpha value is -1.42. The Morgan fingerprint density at radius 1 is 0.556 bits per heavy atom. The van der Waals surface area contributed by atoms with Crippen molar-refractivity contribution in [3.63, 3.8) is 0 Å². The summed E-state index contributed by atoms with van der Waals surface area (Å²) in [5.74, 6) is 0. The highest BCUT2D eigenvalue weighted by Gasteiger charge is 2.34. The molecule has 0 aromatic heterocycles. The number of benzene rings is 2. The quantitative estimate of drug-likeness (QED) is 0.419. The van der Waals surface area contributed by atoms with Crippen LogP contribution >= 0.6 is 0 Å². The van der Waals surface area contributed by atoms with Crippen molar-refractivity contribution in [2.45, 2.75) is 78.1 Å². The lowest BCUT2D eigenvalue weighted by atomic mass is 10.1. The fourth-order valence-corrected chi connectivity index (χ4v) is 5.08. The molecule has 148 valence electrons. The summed E-state index contributed by atoms with van der Waals surface area (Å²) in [7, 11) is -3.59. The monoisotopic (exact) mass is 384 g/mol. The van der Waals surface area contributed by atoms with Gasteiger partial charge in [0, 0.05) is 0 Å². The molecule has 27 heavy (non-hydrogen) atoms. The third-order valence-electron chi connectivity index (χ3n) is 5.35. The van der Waals surface area contributed by atoms with Gasteiger partial charge in [0.1, 0.15) is 0 Å². The van der Waals surface area contributed by atoms with Crippen molar-refractivity contribution in [1.82, 2.24) is 0 Å². The Labute approximate surface area is 166 Å². The predicted molar refractivity (Wildman–Crippen MR) is 118 cm³/mol. The molecule has 2 nitrogen and oxygen atoms in total. The molecular weight excluding hydrogens is 348 g/mol. The minimum atomic E-state index is -3.59. The van der Waals surface area contributed by atoms with Crippen LogP contribution in [0.2, 0.25) is 0 Å². The van der Waals surface area contributed by atoms with E-state index in [0.29, 0.717) is 10.4 Å². The average Bonchev–Trinajstić information content (AvgIpc) is 2.69. The van der Waals surface area contributed by atoms with Gasteiger partial charge in [0.05, 0.1) is 0 Å². The van der Waals surface area contributed by atoms with Crippen LogP contribution in [0.25, 0.3) is 0 Å². The third kappa shape index (κ3) is 6.91. The van der Waals surface area contributed by atoms with Crippen LogP contribution in [0.15, 0.2) is 48.5 Å². The fourth-order valence-electron chi connectivity index (χ4n) is 3.49. The van der Waals surface area contributed by atoms with Crippen LogP contribution in [0, 0.1) is 0 Å². The number of hydrogen-bond donors (Lipinski definition) is 2. The summed E-state index contributed by atoms with van der Waals surface area (Å²) in [6.45, 7) is 4.45. The number of hydrogen-bond acceptors (Lipinski definition) is 2. The Balaban J connectivity index is 1.96. The molecule has 0 amide bonds. The van der Waals surface area contributed by atoms with Crippen LogP contribution in [-0.4, -0.2) is 18.2 Å². The summed E-state index contributed by atoms with van der Waals surface area (Å²) in [6, 6.07) is 15.8. The first-order valence-electron chi connectivity index (χ1n) is 10.7. The van der Waals surface area contributed by atoms with E-state index in [1.165, 1.54) is 62.5 Å². The molecule has 2 aromatic carbocycles. The second-order valence-corrected chi connectivity index (χ2v) is 10.2. The average molecular weight is 385 g/mol. The molecule has 2 aromatic rings. The maximum Gasteiger partial charge on any atom is 0.401 e. The summed E-state index contributed by atoms with van der Waals surface area (Å²) in [5, 5.41) is 1.33. The Morgan fingerprint density at radius 3 is 1.26 bits per heavy atom. The molecule has 0 atom stereocenters. The summed E-state index contributed by atoms with van der Waals surface area (Å²) in [5.41, 5.74) is 2.56. The SMILES string of the molecule is CCCCCCc1ccc([Si](O)(O)c2ccc(CCCCCC)cc2)cc1. The molecule has 0 aliphatic carbocycles. The van der Waals surface area contributed by atoms with Gasteiger partial charge >= 0.3 is 8.56 Å². The van der Waals surface area contributed by atoms with Crippen molar-refractivity contribution >= 4 is 18.9 Å². The highest BCUT2D eigenvalue weighted by molar-refractivity contribution is 6.90. The smallest absolute Gasteiger partial charge is 0.401 e. The molecule has 2 N–H and O–H groups in total. The van der Waals surface area contributed by atoms with Crippen molar-refractivity contribution in [2.24, 2.45) is 0 Å². The van der Waals surface area contributed by atoms with E-state index < -0.39 is 8.56 Å². The van der Waals surface area contributed by atoms with Gasteiger partial charge < -0.3 is 9.59 Å². The molecule has 0 bridgehead atoms. The molecule has 0 saturated heterocycles. The van der Waals surface area contributed by atoms with Crippen LogP contribution in [-0.2, 0) is 12.8 Å². The highest BCUT2D eigenvalue weighted by Crippen LogP contribution is 2.10. The van der Waals surface area contributed by atoms with E-state index in [1.807, 2.05) is 24.3 Å². The van der Waals surface area contributed by atoms with Gasteiger partial charge in [0.2, 0.25) is 0 Å². The molecule has 0 unspecified atom stereocenters. The zero-order valence-corrected chi connectivity index (χ0v) is 18.1. The minimum Gasteiger partial charge on any atom is -0.404 e. The van der Waals surface area contributed by atoms with Gasteiger partial charge in [-0.1, -0.05) is 101 Å². The van der Waals surface area contributed by atoms with E-state index in [9.17, 15) is 9.59 Å². The molecule has 0 radical (unpaired) electrons. The van der Waals surface area contributed by atoms with Crippen molar-refractivity contribution in [2.75, 3.05) is 0 Å². The lowest BCUT2D eigenvalue weighted by Gasteiger charge is -2.19. The second kappa shape index (κ2) is 11.4. The maximum absolute atomic E-state index is 10.8. The predicted octanol–water partition coefficient (Wildman–Crippen LogP) is 4.47. The number of rotatable bonds is 12. The largest absolute Gasteiger partial charge is 0.404 e. The van der Waals surface area contributed by atoms with E-state index in [4.69, 9.17) is 0 Å². The molecular formula is C24H36O2Si. The summed E-state index contributed by atoms with van der Waals surface area (Å²) in [4.78, 5) is 21.7. The van der Waals surface area contributed by atoms with Gasteiger partial charge in [-0.3, -0.25) is 0 Å². The first-order chi connectivity index (χ1) is 13.1. The zero-order chi connectivity index (χ0) is 19.5. The Bertz CT molecular complexity index is 590. The van der Waals surface area contributed by atoms with Crippen molar-refractivity contribution in [3.8, 4) is 0 Å². The molecule has 0 fully saturated rings. The number of aryl methyl sites for hydroxylation is 2. The normalized spacial score (nSPS) is 11.7. The van der Waals surface area contributed by atoms with E-state index in [-0.39, 0.29) is 0 Å². The lowest BCUT2D eigenvalue weighted by molar-refractivity contribution is 0.401. The van der Waals surface area contributed by atoms with Gasteiger partial charge in [-0.15, -0.1) is 0 Å². The van der Waals surface area contributed by atoms with E-state index in [0.717, 1.165) is 12.8 Å². The van der Waals surface area contributed by atoms with E-state index in [2.05, 4.69) is 38.1 Å². The van der Waals surface area contributed by atoms with Crippen LogP contribution in [0.1, 0.15) is 76.3 Å². The fraction of sp³-hybridized carbons (Fsp3) is 0.500. The van der Waals surface area contributed by atoms with Gasteiger partial charge in [-0.2, -0.15) is 0 Å². The maximum atomic E-state index is 10.8. The topological polar surface area (TPSA) is 40.5 Å². The molecule has 2 rings (SSSR count). The Morgan fingerprint density at radius 2 is 0.926 bits per heavy atom. The van der Waals surface area contributed by atoms with Gasteiger partial charge in [0.15, 0.2) is 0 Å².